The van der Waals surface area contributed by atoms with Crippen molar-refractivity contribution in [2.75, 3.05) is 26.8 Å². The quantitative estimate of drug-likeness (QED) is 0.0721. The molecule has 6 N–H and O–H groups in total. The molecule has 236 valence electrons. The number of hydrogen-bond donors (Lipinski definition) is 4. The Kier molecular flexibility index (Phi) is 12.1. The van der Waals surface area contributed by atoms with Crippen molar-refractivity contribution in [3.63, 3.8) is 0 Å². The molecule has 2 unspecified atom stereocenters. The Morgan fingerprint density at radius 2 is 1.98 bits per heavy atom. The molecule has 0 saturated heterocycles. The minimum Gasteiger partial charge on any atom is -0.388 e. The maximum Gasteiger partial charge on any atom is 0.354 e. The Bertz CT molecular complexity index is 1610. The summed E-state index contributed by atoms with van der Waals surface area (Å²) in [6, 6.07) is 13.3. The fraction of sp³-hybridized carbons (Fsp3) is 0.424. The van der Waals surface area contributed by atoms with Crippen molar-refractivity contribution in [1.29, 1.82) is 0 Å². The first-order chi connectivity index (χ1) is 21.2. The Balaban J connectivity index is 1.53. The Labute approximate surface area is 262 Å². The van der Waals surface area contributed by atoms with Crippen LogP contribution in [0.15, 0.2) is 58.4 Å². The van der Waals surface area contributed by atoms with Gasteiger partial charge in [-0.3, -0.25) is 9.56 Å². The van der Waals surface area contributed by atoms with E-state index in [1.165, 1.54) is 4.57 Å². The molecule has 9 nitrogen and oxygen atoms in total. The van der Waals surface area contributed by atoms with Gasteiger partial charge in [0.1, 0.15) is 5.65 Å². The molecular formula is C33H43ClFN7O2. The second-order valence-corrected chi connectivity index (χ2v) is 11.6. The summed E-state index contributed by atoms with van der Waals surface area (Å²) in [6.07, 6.45) is 6.94. The van der Waals surface area contributed by atoms with E-state index in [-0.39, 0.29) is 17.1 Å². The van der Waals surface area contributed by atoms with Crippen LogP contribution < -0.4 is 22.5 Å². The number of methoxy groups -OCH3 is 1. The van der Waals surface area contributed by atoms with E-state index < -0.39 is 11.5 Å². The molecule has 0 bridgehead atoms. The molecule has 0 aliphatic carbocycles. The molecule has 2 atom stereocenters. The Morgan fingerprint density at radius 1 is 1.20 bits per heavy atom. The van der Waals surface area contributed by atoms with E-state index in [1.807, 2.05) is 24.3 Å². The van der Waals surface area contributed by atoms with E-state index in [0.717, 1.165) is 49.8 Å². The number of nitrogens with two attached hydrogens (primary N) is 2. The molecule has 4 aromatic rings. The number of rotatable bonds is 16. The third kappa shape index (κ3) is 8.75. The third-order valence-electron chi connectivity index (χ3n) is 7.55. The first-order valence-electron chi connectivity index (χ1n) is 15.2. The average Bonchev–Trinajstić information content (AvgIpc) is 3.40. The summed E-state index contributed by atoms with van der Waals surface area (Å²) in [5.74, 6) is 0.0718. The van der Waals surface area contributed by atoms with Gasteiger partial charge in [0.25, 0.3) is 0 Å². The summed E-state index contributed by atoms with van der Waals surface area (Å²) in [6.45, 7) is 5.97. The highest BCUT2D eigenvalue weighted by atomic mass is 35.5. The molecule has 0 aliphatic rings. The highest BCUT2D eigenvalue weighted by molar-refractivity contribution is 6.31. The van der Waals surface area contributed by atoms with Crippen LogP contribution in [0, 0.1) is 5.82 Å². The average molecular weight is 624 g/mol. The number of nitrogens with one attached hydrogen (secondary N) is 2. The minimum atomic E-state index is -0.527. The zero-order valence-corrected chi connectivity index (χ0v) is 26.5. The Hall–Kier alpha value is -3.57. The van der Waals surface area contributed by atoms with Gasteiger partial charge < -0.3 is 26.5 Å². The largest absolute Gasteiger partial charge is 0.388 e. The van der Waals surface area contributed by atoms with E-state index >= 15 is 4.39 Å². The molecule has 44 heavy (non-hydrogen) atoms. The lowest BCUT2D eigenvalue weighted by Gasteiger charge is -2.19. The van der Waals surface area contributed by atoms with E-state index in [2.05, 4.69) is 27.2 Å². The van der Waals surface area contributed by atoms with Crippen LogP contribution in [-0.2, 0) is 11.2 Å². The van der Waals surface area contributed by atoms with Crippen LogP contribution >= 0.6 is 11.6 Å². The lowest BCUT2D eigenvalue weighted by Crippen LogP contribution is -2.25. The van der Waals surface area contributed by atoms with Crippen molar-refractivity contribution in [2.45, 2.75) is 64.5 Å². The zero-order chi connectivity index (χ0) is 31.6. The number of ether oxygens (including phenoxy) is 1. The maximum absolute atomic E-state index is 15.2. The summed E-state index contributed by atoms with van der Waals surface area (Å²) in [4.78, 5) is 24.6. The number of H-pyrrole nitrogens is 1. The number of fused-ring (bicyclic) bond motifs is 1. The number of aromatic nitrogens is 3. The van der Waals surface area contributed by atoms with Gasteiger partial charge in [-0.1, -0.05) is 37.1 Å². The first kappa shape index (κ1) is 33.3. The first-order valence-corrected chi connectivity index (χ1v) is 15.5. The van der Waals surface area contributed by atoms with Crippen LogP contribution in [-0.4, -0.2) is 53.2 Å². The fourth-order valence-corrected chi connectivity index (χ4v) is 5.57. The van der Waals surface area contributed by atoms with Crippen LogP contribution in [0.1, 0.15) is 63.1 Å². The van der Waals surface area contributed by atoms with Crippen molar-refractivity contribution >= 4 is 28.5 Å². The second-order valence-electron chi connectivity index (χ2n) is 11.2. The number of amidine groups is 1. The molecule has 0 radical (unpaired) electrons. The topological polar surface area (TPSA) is 136 Å². The van der Waals surface area contributed by atoms with E-state index in [0.29, 0.717) is 53.4 Å². The highest BCUT2D eigenvalue weighted by Crippen LogP contribution is 2.31. The van der Waals surface area contributed by atoms with Gasteiger partial charge in [-0.2, -0.15) is 4.98 Å². The van der Waals surface area contributed by atoms with Crippen molar-refractivity contribution in [1.82, 2.24) is 19.9 Å². The molecule has 0 saturated carbocycles. The number of halogens is 2. The van der Waals surface area contributed by atoms with Gasteiger partial charge >= 0.3 is 5.69 Å². The molecule has 2 aromatic heterocycles. The number of aliphatic imine (C=N–C) groups is 1. The normalized spacial score (nSPS) is 13.5. The van der Waals surface area contributed by atoms with E-state index in [4.69, 9.17) is 27.8 Å². The molecule has 0 fully saturated rings. The van der Waals surface area contributed by atoms with Crippen LogP contribution in [0.5, 0.6) is 0 Å². The predicted molar refractivity (Wildman–Crippen MR) is 177 cm³/mol. The second kappa shape index (κ2) is 15.9. The lowest BCUT2D eigenvalue weighted by atomic mass is 10.0. The zero-order valence-electron chi connectivity index (χ0n) is 25.7. The summed E-state index contributed by atoms with van der Waals surface area (Å²) in [7, 11) is 1.63. The number of aryl methyl sites for hydroxylation is 1. The van der Waals surface area contributed by atoms with Gasteiger partial charge in [-0.05, 0) is 87.0 Å². The molecule has 2 aromatic carbocycles. The molecule has 0 amide bonds. The smallest absolute Gasteiger partial charge is 0.354 e. The van der Waals surface area contributed by atoms with Gasteiger partial charge in [-0.25, -0.2) is 9.18 Å². The van der Waals surface area contributed by atoms with Crippen molar-refractivity contribution in [2.24, 2.45) is 16.5 Å². The van der Waals surface area contributed by atoms with Gasteiger partial charge in [-0.15, -0.1) is 0 Å². The predicted octanol–water partition coefficient (Wildman–Crippen LogP) is 5.67. The Morgan fingerprint density at radius 3 is 2.68 bits per heavy atom. The maximum atomic E-state index is 15.2. The number of benzene rings is 2. The lowest BCUT2D eigenvalue weighted by molar-refractivity contribution is 0.176. The molecule has 2 heterocycles. The van der Waals surface area contributed by atoms with Gasteiger partial charge in [0.2, 0.25) is 0 Å². The SMILES string of the molecule is CCCC(NCCCN=C(C)N)c1ccc(-n2cc3cc(-c4cc(CCCC(N)COC)cc(Cl)c4F)[nH]c3nc2=O)cc1. The fourth-order valence-electron chi connectivity index (χ4n) is 5.33. The number of hydrogen-bond acceptors (Lipinski definition) is 6. The highest BCUT2D eigenvalue weighted by Gasteiger charge is 2.16. The summed E-state index contributed by atoms with van der Waals surface area (Å²) >= 11 is 6.28. The van der Waals surface area contributed by atoms with Crippen LogP contribution in [0.4, 0.5) is 4.39 Å². The molecule has 0 spiro atoms. The van der Waals surface area contributed by atoms with Crippen molar-refractivity contribution in [3.05, 3.63) is 81.1 Å². The molecule has 11 heteroatoms. The van der Waals surface area contributed by atoms with E-state index in [1.54, 1.807) is 38.4 Å². The molecular weight excluding hydrogens is 581 g/mol. The summed E-state index contributed by atoms with van der Waals surface area (Å²) in [5.41, 5.74) is 15.2. The van der Waals surface area contributed by atoms with Crippen LogP contribution in [0.3, 0.4) is 0 Å². The monoisotopic (exact) mass is 623 g/mol. The number of aromatic amines is 1. The van der Waals surface area contributed by atoms with Gasteiger partial charge in [0.15, 0.2) is 5.82 Å². The summed E-state index contributed by atoms with van der Waals surface area (Å²) in [5, 5.41) is 4.33. The van der Waals surface area contributed by atoms with Crippen molar-refractivity contribution < 1.29 is 9.13 Å². The van der Waals surface area contributed by atoms with Crippen LogP contribution in [0.2, 0.25) is 5.02 Å². The van der Waals surface area contributed by atoms with Gasteiger partial charge in [0, 0.05) is 42.9 Å². The molecule has 0 aliphatic heterocycles. The number of nitrogens with zero attached hydrogens (tertiary/aromatic N) is 3. The third-order valence-corrected chi connectivity index (χ3v) is 7.82. The van der Waals surface area contributed by atoms with E-state index in [9.17, 15) is 4.79 Å². The standard InChI is InChI=1S/C33H43ClFN7O2/c1-4-7-29(39-15-6-14-38-21(2)36)23-10-12-26(13-11-23)42-19-24-18-30(40-32(24)41-33(42)43)27-16-22(17-28(34)31(27)35)8-5-9-25(37)20-44-3/h10-13,16-19,25,29,39H,4-9,14-15,20,37H2,1-3H3,(H2,36,38)(H,40,41,43). The minimum absolute atomic E-state index is 0.0417. The van der Waals surface area contributed by atoms with Crippen molar-refractivity contribution in [3.8, 4) is 16.9 Å². The molecule has 4 rings (SSSR count). The van der Waals surface area contributed by atoms with Gasteiger partial charge in [0.05, 0.1) is 28.8 Å². The summed E-state index contributed by atoms with van der Waals surface area (Å²) < 4.78 is 21.8. The van der Waals surface area contributed by atoms with Crippen LogP contribution in [0.25, 0.3) is 28.0 Å².